The minimum Gasteiger partial charge on any atom is -0.368 e. The summed E-state index contributed by atoms with van der Waals surface area (Å²) in [7, 11) is 4.26. The second-order valence-electron chi connectivity index (χ2n) is 10.3. The number of rotatable bonds is 3. The van der Waals surface area contributed by atoms with Gasteiger partial charge >= 0.3 is 0 Å². The molecule has 6 rings (SSSR count). The normalized spacial score (nSPS) is 24.8. The second-order valence-corrected chi connectivity index (χ2v) is 10.3. The van der Waals surface area contributed by atoms with Crippen LogP contribution in [0, 0.1) is 0 Å². The molecule has 0 aromatic carbocycles. The van der Waals surface area contributed by atoms with E-state index in [0.29, 0.717) is 18.2 Å². The molecule has 2 aromatic heterocycles. The van der Waals surface area contributed by atoms with E-state index in [1.54, 1.807) is 0 Å². The quantitative estimate of drug-likeness (QED) is 0.724. The van der Waals surface area contributed by atoms with Gasteiger partial charge in [-0.3, -0.25) is 4.79 Å². The van der Waals surface area contributed by atoms with Crippen molar-refractivity contribution in [1.82, 2.24) is 34.6 Å². The van der Waals surface area contributed by atoms with Crippen LogP contribution in [-0.2, 0) is 5.54 Å². The fourth-order valence-electron chi connectivity index (χ4n) is 5.92. The number of nitrogens with one attached hydrogen (secondary N) is 2. The highest BCUT2D eigenvalue weighted by molar-refractivity contribution is 5.99. The average molecular weight is 463 g/mol. The fraction of sp³-hybridized carbons (Fsp3) is 0.560. The molecule has 1 saturated carbocycles. The van der Waals surface area contributed by atoms with Gasteiger partial charge in [0.15, 0.2) is 0 Å². The highest BCUT2D eigenvalue weighted by Gasteiger charge is 2.41. The maximum Gasteiger partial charge on any atom is 0.268 e. The first-order valence-electron chi connectivity index (χ1n) is 12.5. The van der Waals surface area contributed by atoms with E-state index in [1.807, 2.05) is 12.3 Å². The lowest BCUT2D eigenvalue weighted by molar-refractivity contribution is 0.0833. The van der Waals surface area contributed by atoms with E-state index in [0.717, 1.165) is 50.1 Å². The predicted octanol–water partition coefficient (Wildman–Crippen LogP) is 2.16. The van der Waals surface area contributed by atoms with Gasteiger partial charge in [-0.15, -0.1) is 0 Å². The Morgan fingerprint density at radius 3 is 2.68 bits per heavy atom. The summed E-state index contributed by atoms with van der Waals surface area (Å²) in [4.78, 5) is 29.2. The van der Waals surface area contributed by atoms with Crippen molar-refractivity contribution in [2.24, 2.45) is 0 Å². The molecule has 180 valence electrons. The third kappa shape index (κ3) is 3.62. The first-order valence-corrected chi connectivity index (χ1v) is 12.5. The van der Waals surface area contributed by atoms with Crippen LogP contribution in [-0.4, -0.2) is 88.1 Å². The van der Waals surface area contributed by atoms with Crippen LogP contribution in [0.2, 0.25) is 0 Å². The highest BCUT2D eigenvalue weighted by atomic mass is 16.2. The van der Waals surface area contributed by atoms with Gasteiger partial charge in [-0.1, -0.05) is 19.3 Å². The van der Waals surface area contributed by atoms with E-state index in [9.17, 15) is 4.79 Å². The summed E-state index contributed by atoms with van der Waals surface area (Å²) in [6.45, 7) is 4.96. The van der Waals surface area contributed by atoms with Crippen molar-refractivity contribution < 1.29 is 4.79 Å². The first kappa shape index (κ1) is 21.5. The zero-order chi connectivity index (χ0) is 23.3. The molecule has 1 saturated heterocycles. The molecule has 2 N–H and O–H groups in total. The minimum absolute atomic E-state index is 0.0137. The summed E-state index contributed by atoms with van der Waals surface area (Å²) in [6.07, 6.45) is 14.2. The maximum absolute atomic E-state index is 12.7. The lowest BCUT2D eigenvalue weighted by atomic mass is 9.80. The third-order valence-corrected chi connectivity index (χ3v) is 7.98. The second kappa shape index (κ2) is 8.30. The Bertz CT molecular complexity index is 1150. The van der Waals surface area contributed by atoms with Gasteiger partial charge in [0.25, 0.3) is 5.91 Å². The van der Waals surface area contributed by atoms with Crippen molar-refractivity contribution in [3.8, 4) is 0 Å². The number of anilines is 1. The van der Waals surface area contributed by atoms with Gasteiger partial charge in [0.05, 0.1) is 11.2 Å². The number of hydrogen-bond acceptors (Lipinski definition) is 7. The van der Waals surface area contributed by atoms with Crippen LogP contribution < -0.4 is 10.6 Å². The van der Waals surface area contributed by atoms with Crippen molar-refractivity contribution >= 4 is 22.9 Å². The molecule has 0 bridgehead atoms. The Morgan fingerprint density at radius 2 is 1.91 bits per heavy atom. The highest BCUT2D eigenvalue weighted by Crippen LogP contribution is 2.40. The summed E-state index contributed by atoms with van der Waals surface area (Å²) in [5, 5.41) is 7.53. The monoisotopic (exact) mass is 462 g/mol. The maximum atomic E-state index is 12.7. The molecule has 3 aliphatic heterocycles. The molecule has 1 spiro atoms. The largest absolute Gasteiger partial charge is 0.368 e. The van der Waals surface area contributed by atoms with Crippen molar-refractivity contribution in [2.75, 3.05) is 52.1 Å². The molecule has 2 aromatic rings. The molecule has 9 nitrogen and oxygen atoms in total. The van der Waals surface area contributed by atoms with E-state index in [1.165, 1.54) is 25.0 Å². The molecule has 4 aliphatic rings. The Kier molecular flexibility index (Phi) is 5.24. The van der Waals surface area contributed by atoms with Crippen LogP contribution in [0.1, 0.15) is 42.6 Å². The molecule has 0 radical (unpaired) electrons. The van der Waals surface area contributed by atoms with Crippen LogP contribution in [0.15, 0.2) is 36.3 Å². The predicted molar refractivity (Wildman–Crippen MR) is 132 cm³/mol. The molecule has 1 aliphatic carbocycles. The SMILES string of the molecule is CN1CCN(C2=CN(C)C(Nc3ncc4cc5n(c4n3)C3(CCCCC3)CNC5=O)C=C2)CC1. The molecule has 5 heterocycles. The summed E-state index contributed by atoms with van der Waals surface area (Å²) in [5.41, 5.74) is 2.75. The summed E-state index contributed by atoms with van der Waals surface area (Å²) < 4.78 is 2.22. The third-order valence-electron chi connectivity index (χ3n) is 7.98. The smallest absolute Gasteiger partial charge is 0.268 e. The Hall–Kier alpha value is -3.07. The number of fused-ring (bicyclic) bond motifs is 4. The average Bonchev–Trinajstić information content (AvgIpc) is 3.25. The number of allylic oxidation sites excluding steroid dienone is 1. The van der Waals surface area contributed by atoms with Crippen molar-refractivity contribution in [3.63, 3.8) is 0 Å². The number of aromatic nitrogens is 3. The minimum atomic E-state index is -0.0729. The van der Waals surface area contributed by atoms with Gasteiger partial charge in [0.1, 0.15) is 17.5 Å². The standard InChI is InChI=1S/C25H34N8O/c1-30-10-12-32(13-11-30)19-6-7-21(31(2)16-19)28-24-26-15-18-14-20-23(34)27-17-25(8-4-3-5-9-25)33(20)22(18)29-24/h6-7,14-16,21H,3-5,8-13,17H2,1-2H3,(H,27,34)(H,26,28,29). The number of amides is 1. The number of likely N-dealkylation sites (N-methyl/N-ethyl adjacent to an activating group) is 2. The van der Waals surface area contributed by atoms with Crippen molar-refractivity contribution in [3.05, 3.63) is 42.0 Å². The van der Waals surface area contributed by atoms with Gasteiger partial charge in [-0.2, -0.15) is 4.98 Å². The van der Waals surface area contributed by atoms with Crippen LogP contribution in [0.4, 0.5) is 5.95 Å². The van der Waals surface area contributed by atoms with Gasteiger partial charge < -0.3 is 29.9 Å². The van der Waals surface area contributed by atoms with Crippen LogP contribution in [0.3, 0.4) is 0 Å². The molecular formula is C25H34N8O. The molecule has 1 unspecified atom stereocenters. The van der Waals surface area contributed by atoms with Gasteiger partial charge in [0, 0.05) is 57.6 Å². The van der Waals surface area contributed by atoms with Crippen molar-refractivity contribution in [1.29, 1.82) is 0 Å². The van der Waals surface area contributed by atoms with Gasteiger partial charge in [-0.05, 0) is 38.1 Å². The fourth-order valence-corrected chi connectivity index (χ4v) is 5.92. The first-order chi connectivity index (χ1) is 16.5. The summed E-state index contributed by atoms with van der Waals surface area (Å²) >= 11 is 0. The number of carbonyl (C=O) groups excluding carboxylic acids is 1. The zero-order valence-electron chi connectivity index (χ0n) is 20.1. The number of nitrogens with zero attached hydrogens (tertiary/aromatic N) is 6. The summed E-state index contributed by atoms with van der Waals surface area (Å²) in [6, 6.07) is 1.95. The van der Waals surface area contributed by atoms with Crippen molar-refractivity contribution in [2.45, 2.75) is 43.8 Å². The van der Waals surface area contributed by atoms with E-state index >= 15 is 0 Å². The lowest BCUT2D eigenvalue weighted by Gasteiger charge is -2.43. The molecule has 2 fully saturated rings. The molecule has 9 heteroatoms. The number of hydrogen-bond donors (Lipinski definition) is 2. The summed E-state index contributed by atoms with van der Waals surface area (Å²) in [5.74, 6) is 0.573. The van der Waals surface area contributed by atoms with Crippen LogP contribution in [0.25, 0.3) is 11.0 Å². The Morgan fingerprint density at radius 1 is 1.12 bits per heavy atom. The van der Waals surface area contributed by atoms with Gasteiger partial charge in [0.2, 0.25) is 5.95 Å². The van der Waals surface area contributed by atoms with E-state index in [2.05, 4.69) is 67.3 Å². The van der Waals surface area contributed by atoms with Crippen LogP contribution in [0.5, 0.6) is 0 Å². The molecule has 1 atom stereocenters. The van der Waals surface area contributed by atoms with Crippen LogP contribution >= 0.6 is 0 Å². The Labute approximate surface area is 200 Å². The Balaban J connectivity index is 1.26. The van der Waals surface area contributed by atoms with Gasteiger partial charge in [-0.25, -0.2) is 4.98 Å². The topological polar surface area (TPSA) is 81.6 Å². The number of carbonyl (C=O) groups is 1. The molecular weight excluding hydrogens is 428 g/mol. The lowest BCUT2D eigenvalue weighted by Crippen LogP contribution is -2.52. The number of piperazine rings is 1. The van der Waals surface area contributed by atoms with E-state index < -0.39 is 0 Å². The molecule has 1 amide bonds. The molecule has 34 heavy (non-hydrogen) atoms. The van der Waals surface area contributed by atoms with E-state index in [-0.39, 0.29) is 17.6 Å². The zero-order valence-corrected chi connectivity index (χ0v) is 20.1. The van der Waals surface area contributed by atoms with E-state index in [4.69, 9.17) is 4.98 Å².